The minimum absolute atomic E-state index is 0.00416. The lowest BCUT2D eigenvalue weighted by Gasteiger charge is -2.30. The number of hydrogen-bond acceptors (Lipinski definition) is 5. The van der Waals surface area contributed by atoms with Gasteiger partial charge in [0.05, 0.1) is 30.3 Å². The van der Waals surface area contributed by atoms with E-state index in [1.807, 2.05) is 26.0 Å². The van der Waals surface area contributed by atoms with Crippen molar-refractivity contribution in [1.82, 2.24) is 10.2 Å². The van der Waals surface area contributed by atoms with Crippen LogP contribution in [0.15, 0.2) is 23.8 Å². The Kier molecular flexibility index (Phi) is 5.79. The Balaban J connectivity index is 1.88. The van der Waals surface area contributed by atoms with E-state index in [4.69, 9.17) is 16.3 Å². The molecule has 1 saturated heterocycles. The Morgan fingerprint density at radius 2 is 2.15 bits per heavy atom. The SMILES string of the molecule is Cc1n[nH]c(C)c1C=C(C#N)C(=O)Nc1cc(Cl)ccc1N1CCOCC1. The van der Waals surface area contributed by atoms with Crippen LogP contribution in [0.1, 0.15) is 17.0 Å². The molecule has 0 bridgehead atoms. The topological polar surface area (TPSA) is 94.0 Å². The van der Waals surface area contributed by atoms with Crippen LogP contribution in [-0.2, 0) is 9.53 Å². The number of ether oxygens (including phenoxy) is 1. The first-order chi connectivity index (χ1) is 13.0. The van der Waals surface area contributed by atoms with E-state index in [1.54, 1.807) is 18.2 Å². The number of aryl methyl sites for hydroxylation is 2. The Morgan fingerprint density at radius 1 is 1.41 bits per heavy atom. The number of carbonyl (C=O) groups is 1. The van der Waals surface area contributed by atoms with E-state index in [1.165, 1.54) is 0 Å². The average Bonchev–Trinajstić information content (AvgIpc) is 2.98. The van der Waals surface area contributed by atoms with Gasteiger partial charge in [0, 0.05) is 29.4 Å². The van der Waals surface area contributed by atoms with Crippen molar-refractivity contribution in [2.45, 2.75) is 13.8 Å². The summed E-state index contributed by atoms with van der Waals surface area (Å²) < 4.78 is 5.39. The zero-order valence-corrected chi connectivity index (χ0v) is 15.9. The predicted molar refractivity (Wildman–Crippen MR) is 105 cm³/mol. The fraction of sp³-hybridized carbons (Fsp3) is 0.316. The lowest BCUT2D eigenvalue weighted by Crippen LogP contribution is -2.36. The Hall–Kier alpha value is -2.82. The molecule has 0 radical (unpaired) electrons. The first-order valence-corrected chi connectivity index (χ1v) is 8.94. The summed E-state index contributed by atoms with van der Waals surface area (Å²) in [5.74, 6) is -0.491. The summed E-state index contributed by atoms with van der Waals surface area (Å²) in [6.45, 7) is 6.34. The summed E-state index contributed by atoms with van der Waals surface area (Å²) in [7, 11) is 0. The molecule has 1 aliphatic heterocycles. The molecule has 3 rings (SSSR count). The molecule has 7 nitrogen and oxygen atoms in total. The van der Waals surface area contributed by atoms with Crippen molar-refractivity contribution < 1.29 is 9.53 Å². The van der Waals surface area contributed by atoms with Crippen molar-refractivity contribution in [2.75, 3.05) is 36.5 Å². The molecule has 140 valence electrons. The lowest BCUT2D eigenvalue weighted by atomic mass is 10.1. The molecule has 0 saturated carbocycles. The first kappa shape index (κ1) is 19.0. The zero-order valence-electron chi connectivity index (χ0n) is 15.2. The molecule has 1 aromatic heterocycles. The van der Waals surface area contributed by atoms with Gasteiger partial charge in [-0.2, -0.15) is 10.4 Å². The largest absolute Gasteiger partial charge is 0.378 e. The van der Waals surface area contributed by atoms with E-state index >= 15 is 0 Å². The second-order valence-corrected chi connectivity index (χ2v) is 6.67. The van der Waals surface area contributed by atoms with Crippen LogP contribution in [0.3, 0.4) is 0 Å². The summed E-state index contributed by atoms with van der Waals surface area (Å²) >= 11 is 6.12. The number of hydrogen-bond donors (Lipinski definition) is 2. The smallest absolute Gasteiger partial charge is 0.266 e. The molecule has 1 aliphatic rings. The molecule has 2 N–H and O–H groups in total. The molecule has 1 amide bonds. The third-order valence-corrected chi connectivity index (χ3v) is 4.63. The van der Waals surface area contributed by atoms with Crippen LogP contribution in [0.25, 0.3) is 6.08 Å². The molecule has 0 spiro atoms. The molecular formula is C19H20ClN5O2. The van der Waals surface area contributed by atoms with E-state index in [-0.39, 0.29) is 5.57 Å². The van der Waals surface area contributed by atoms with E-state index in [0.29, 0.717) is 23.9 Å². The Bertz CT molecular complexity index is 903. The maximum atomic E-state index is 12.7. The van der Waals surface area contributed by atoms with Crippen molar-refractivity contribution in [3.05, 3.63) is 45.7 Å². The quantitative estimate of drug-likeness (QED) is 0.623. The summed E-state index contributed by atoms with van der Waals surface area (Å²) in [5, 5.41) is 19.7. The average molecular weight is 386 g/mol. The van der Waals surface area contributed by atoms with E-state index in [2.05, 4.69) is 20.4 Å². The highest BCUT2D eigenvalue weighted by Crippen LogP contribution is 2.30. The van der Waals surface area contributed by atoms with Crippen LogP contribution in [0.4, 0.5) is 11.4 Å². The van der Waals surface area contributed by atoms with Gasteiger partial charge in [-0.1, -0.05) is 11.6 Å². The van der Waals surface area contributed by atoms with Crippen molar-refractivity contribution in [3.63, 3.8) is 0 Å². The fourth-order valence-electron chi connectivity index (χ4n) is 2.94. The van der Waals surface area contributed by atoms with Crippen LogP contribution in [-0.4, -0.2) is 42.4 Å². The van der Waals surface area contributed by atoms with Gasteiger partial charge in [-0.15, -0.1) is 0 Å². The molecule has 0 atom stereocenters. The fourth-order valence-corrected chi connectivity index (χ4v) is 3.12. The van der Waals surface area contributed by atoms with Gasteiger partial charge in [-0.3, -0.25) is 9.89 Å². The highest BCUT2D eigenvalue weighted by Gasteiger charge is 2.18. The van der Waals surface area contributed by atoms with Crippen LogP contribution in [0.2, 0.25) is 5.02 Å². The maximum absolute atomic E-state index is 12.7. The molecule has 2 heterocycles. The number of aromatic nitrogens is 2. The molecule has 1 fully saturated rings. The van der Waals surface area contributed by atoms with Crippen molar-refractivity contribution in [2.24, 2.45) is 0 Å². The molecule has 0 unspecified atom stereocenters. The van der Waals surface area contributed by atoms with Crippen molar-refractivity contribution >= 4 is 35.0 Å². The zero-order chi connectivity index (χ0) is 19.4. The normalized spacial score (nSPS) is 14.7. The van der Waals surface area contributed by atoms with Gasteiger partial charge in [0.15, 0.2) is 0 Å². The number of halogens is 1. The molecule has 8 heteroatoms. The highest BCUT2D eigenvalue weighted by molar-refractivity contribution is 6.31. The number of nitrogens with zero attached hydrogens (tertiary/aromatic N) is 3. The Morgan fingerprint density at radius 3 is 2.78 bits per heavy atom. The number of amides is 1. The number of H-pyrrole nitrogens is 1. The van der Waals surface area contributed by atoms with Crippen LogP contribution in [0, 0.1) is 25.2 Å². The van der Waals surface area contributed by atoms with E-state index in [9.17, 15) is 10.1 Å². The highest BCUT2D eigenvalue weighted by atomic mass is 35.5. The number of anilines is 2. The van der Waals surface area contributed by atoms with Gasteiger partial charge >= 0.3 is 0 Å². The van der Waals surface area contributed by atoms with E-state index < -0.39 is 5.91 Å². The van der Waals surface area contributed by atoms with Gasteiger partial charge in [-0.05, 0) is 38.1 Å². The molecule has 2 aromatic rings. The summed E-state index contributed by atoms with van der Waals surface area (Å²) in [5.41, 5.74) is 3.67. The number of carbonyl (C=O) groups excluding carboxylic acids is 1. The monoisotopic (exact) mass is 385 g/mol. The third-order valence-electron chi connectivity index (χ3n) is 4.40. The number of morpholine rings is 1. The number of nitrogens with one attached hydrogen (secondary N) is 2. The summed E-state index contributed by atoms with van der Waals surface area (Å²) in [6.07, 6.45) is 1.54. The van der Waals surface area contributed by atoms with Crippen LogP contribution >= 0.6 is 11.6 Å². The van der Waals surface area contributed by atoms with Crippen LogP contribution < -0.4 is 10.2 Å². The predicted octanol–water partition coefficient (Wildman–Crippen LogP) is 3.06. The lowest BCUT2D eigenvalue weighted by molar-refractivity contribution is -0.112. The van der Waals surface area contributed by atoms with Gasteiger partial charge < -0.3 is 15.0 Å². The summed E-state index contributed by atoms with van der Waals surface area (Å²) in [6, 6.07) is 7.30. The number of nitriles is 1. The number of benzene rings is 1. The van der Waals surface area contributed by atoms with E-state index in [0.717, 1.165) is 35.7 Å². The second kappa shape index (κ2) is 8.25. The minimum atomic E-state index is -0.491. The van der Waals surface area contributed by atoms with Crippen LogP contribution in [0.5, 0.6) is 0 Å². The molecule has 0 aliphatic carbocycles. The van der Waals surface area contributed by atoms with Crippen molar-refractivity contribution in [1.29, 1.82) is 5.26 Å². The number of aromatic amines is 1. The van der Waals surface area contributed by atoms with Gasteiger partial charge in [0.2, 0.25) is 0 Å². The minimum Gasteiger partial charge on any atom is -0.378 e. The maximum Gasteiger partial charge on any atom is 0.266 e. The van der Waals surface area contributed by atoms with Gasteiger partial charge in [0.25, 0.3) is 5.91 Å². The van der Waals surface area contributed by atoms with Crippen molar-refractivity contribution in [3.8, 4) is 6.07 Å². The van der Waals surface area contributed by atoms with Gasteiger partial charge in [-0.25, -0.2) is 0 Å². The first-order valence-electron chi connectivity index (χ1n) is 8.56. The standard InChI is InChI=1S/C19H20ClN5O2/c1-12-16(13(2)24-23-12)9-14(11-21)19(26)22-17-10-15(20)3-4-18(17)25-5-7-27-8-6-25/h3-4,9-10H,5-8H2,1-2H3,(H,22,26)(H,23,24). The second-order valence-electron chi connectivity index (χ2n) is 6.23. The molecular weight excluding hydrogens is 366 g/mol. The third kappa shape index (κ3) is 4.30. The van der Waals surface area contributed by atoms with Gasteiger partial charge in [0.1, 0.15) is 11.6 Å². The molecule has 1 aromatic carbocycles. The number of rotatable bonds is 4. The summed E-state index contributed by atoms with van der Waals surface area (Å²) in [4.78, 5) is 14.8. The molecule has 27 heavy (non-hydrogen) atoms. The Labute approximate surface area is 162 Å².